The lowest BCUT2D eigenvalue weighted by atomic mass is 9.66. The second kappa shape index (κ2) is 4.78. The average molecular weight is 234 g/mol. The molecule has 1 aliphatic rings. The van der Waals surface area contributed by atoms with E-state index in [4.69, 9.17) is 4.74 Å². The lowest BCUT2D eigenvalue weighted by Gasteiger charge is -2.37. The van der Waals surface area contributed by atoms with E-state index < -0.39 is 11.4 Å². The van der Waals surface area contributed by atoms with Gasteiger partial charge in [0.2, 0.25) is 0 Å². The zero-order valence-electron chi connectivity index (χ0n) is 10.1. The third-order valence-corrected chi connectivity index (χ3v) is 3.79. The van der Waals surface area contributed by atoms with Crippen molar-refractivity contribution in [2.45, 2.75) is 32.1 Å². The fraction of sp³-hybridized carbons (Fsp3) is 0.500. The lowest BCUT2D eigenvalue weighted by molar-refractivity contribution is -0.155. The molecule has 0 saturated heterocycles. The first-order chi connectivity index (χ1) is 8.16. The summed E-state index contributed by atoms with van der Waals surface area (Å²) in [5.74, 6) is 0.201. The van der Waals surface area contributed by atoms with Crippen LogP contribution in [0.5, 0.6) is 5.75 Å². The van der Waals surface area contributed by atoms with Crippen molar-refractivity contribution in [1.82, 2.24) is 0 Å². The van der Waals surface area contributed by atoms with E-state index in [2.05, 4.69) is 0 Å². The second-order valence-electron chi connectivity index (χ2n) is 4.79. The molecule has 0 heterocycles. The minimum absolute atomic E-state index is 0.455. The van der Waals surface area contributed by atoms with Crippen LogP contribution in [0.4, 0.5) is 0 Å². The Morgan fingerprint density at radius 1 is 1.47 bits per heavy atom. The van der Waals surface area contributed by atoms with Crippen molar-refractivity contribution in [1.29, 1.82) is 0 Å². The van der Waals surface area contributed by atoms with Crippen molar-refractivity contribution in [3.05, 3.63) is 29.8 Å². The van der Waals surface area contributed by atoms with Gasteiger partial charge in [0.15, 0.2) is 0 Å². The molecule has 0 unspecified atom stereocenters. The van der Waals surface area contributed by atoms with Gasteiger partial charge in [-0.3, -0.25) is 4.79 Å². The number of ether oxygens (including phenoxy) is 1. The van der Waals surface area contributed by atoms with Gasteiger partial charge < -0.3 is 9.84 Å². The first-order valence-electron chi connectivity index (χ1n) is 6.03. The van der Waals surface area contributed by atoms with Crippen molar-refractivity contribution in [3.8, 4) is 5.75 Å². The molecule has 0 spiro atoms. The molecule has 0 aliphatic heterocycles. The van der Waals surface area contributed by atoms with E-state index in [1.54, 1.807) is 7.11 Å². The quantitative estimate of drug-likeness (QED) is 0.852. The van der Waals surface area contributed by atoms with Crippen LogP contribution >= 0.6 is 0 Å². The summed E-state index contributed by atoms with van der Waals surface area (Å²) in [5, 5.41) is 9.24. The van der Waals surface area contributed by atoms with Crippen LogP contribution in [0.2, 0.25) is 0 Å². The van der Waals surface area contributed by atoms with E-state index in [-0.39, 0.29) is 0 Å². The molecule has 1 N–H and O–H groups in total. The number of hydrogen-bond acceptors (Lipinski definition) is 2. The third-order valence-electron chi connectivity index (χ3n) is 3.79. The zero-order chi connectivity index (χ0) is 12.3. The monoisotopic (exact) mass is 234 g/mol. The predicted octanol–water partition coefficient (Wildman–Crippen LogP) is 2.88. The maximum atomic E-state index is 11.2. The molecule has 0 bridgehead atoms. The summed E-state index contributed by atoms with van der Waals surface area (Å²) >= 11 is 0. The Balaban J connectivity index is 1.99. The van der Waals surface area contributed by atoms with Crippen molar-refractivity contribution in [2.75, 3.05) is 7.11 Å². The molecule has 0 amide bonds. The summed E-state index contributed by atoms with van der Waals surface area (Å²) in [6.45, 7) is 0. The molecule has 1 aromatic rings. The molecule has 3 heteroatoms. The van der Waals surface area contributed by atoms with E-state index in [9.17, 15) is 9.90 Å². The van der Waals surface area contributed by atoms with Gasteiger partial charge in [-0.25, -0.2) is 0 Å². The van der Waals surface area contributed by atoms with Crippen LogP contribution in [0.15, 0.2) is 24.3 Å². The number of carboxylic acids is 1. The fourth-order valence-electron chi connectivity index (χ4n) is 2.39. The van der Waals surface area contributed by atoms with Crippen LogP contribution in [0.3, 0.4) is 0 Å². The number of aryl methyl sites for hydroxylation is 1. The van der Waals surface area contributed by atoms with Gasteiger partial charge in [-0.1, -0.05) is 18.6 Å². The van der Waals surface area contributed by atoms with Gasteiger partial charge in [0.25, 0.3) is 0 Å². The second-order valence-corrected chi connectivity index (χ2v) is 4.79. The van der Waals surface area contributed by atoms with Crippen LogP contribution in [0, 0.1) is 5.41 Å². The number of aliphatic carboxylic acids is 1. The molecular weight excluding hydrogens is 216 g/mol. The van der Waals surface area contributed by atoms with E-state index in [0.29, 0.717) is 0 Å². The van der Waals surface area contributed by atoms with Gasteiger partial charge in [-0.2, -0.15) is 0 Å². The predicted molar refractivity (Wildman–Crippen MR) is 65.2 cm³/mol. The number of hydrogen-bond donors (Lipinski definition) is 1. The highest BCUT2D eigenvalue weighted by atomic mass is 16.5. The zero-order valence-corrected chi connectivity index (χ0v) is 10.1. The summed E-state index contributed by atoms with van der Waals surface area (Å²) < 4.78 is 5.16. The SMILES string of the molecule is COc1cccc(CCC2(C(=O)O)CCC2)c1. The molecule has 1 aliphatic carbocycles. The van der Waals surface area contributed by atoms with Crippen LogP contribution < -0.4 is 4.74 Å². The van der Waals surface area contributed by atoms with Crippen molar-refractivity contribution < 1.29 is 14.6 Å². The Labute approximate surface area is 101 Å². The molecule has 1 aromatic carbocycles. The van der Waals surface area contributed by atoms with Gasteiger partial charge in [-0.05, 0) is 43.4 Å². The number of rotatable bonds is 5. The van der Waals surface area contributed by atoms with Crippen LogP contribution in [-0.4, -0.2) is 18.2 Å². The van der Waals surface area contributed by atoms with Crippen molar-refractivity contribution >= 4 is 5.97 Å². The molecule has 0 atom stereocenters. The first-order valence-corrected chi connectivity index (χ1v) is 6.03. The molecule has 0 radical (unpaired) electrons. The normalized spacial score (nSPS) is 17.2. The number of methoxy groups -OCH3 is 1. The summed E-state index contributed by atoms with van der Waals surface area (Å²) in [7, 11) is 1.64. The van der Waals surface area contributed by atoms with Gasteiger partial charge in [0, 0.05) is 0 Å². The largest absolute Gasteiger partial charge is 0.497 e. The molecule has 17 heavy (non-hydrogen) atoms. The first kappa shape index (κ1) is 12.0. The van der Waals surface area contributed by atoms with Crippen molar-refractivity contribution in [3.63, 3.8) is 0 Å². The smallest absolute Gasteiger partial charge is 0.309 e. The summed E-state index contributed by atoms with van der Waals surface area (Å²) in [6, 6.07) is 7.85. The summed E-state index contributed by atoms with van der Waals surface area (Å²) in [4.78, 5) is 11.2. The van der Waals surface area contributed by atoms with Gasteiger partial charge in [0.05, 0.1) is 12.5 Å². The maximum absolute atomic E-state index is 11.2. The molecule has 3 nitrogen and oxygen atoms in total. The van der Waals surface area contributed by atoms with Gasteiger partial charge in [0.1, 0.15) is 5.75 Å². The standard InChI is InChI=1S/C14H18O3/c1-17-12-5-2-4-11(10-12)6-9-14(13(15)16)7-3-8-14/h2,4-5,10H,3,6-9H2,1H3,(H,15,16). The minimum Gasteiger partial charge on any atom is -0.497 e. The van der Waals surface area contributed by atoms with E-state index in [1.807, 2.05) is 24.3 Å². The molecule has 0 aromatic heterocycles. The molecule has 2 rings (SSSR count). The topological polar surface area (TPSA) is 46.5 Å². The fourth-order valence-corrected chi connectivity index (χ4v) is 2.39. The van der Waals surface area contributed by atoms with Gasteiger partial charge in [-0.15, -0.1) is 0 Å². The highest BCUT2D eigenvalue weighted by Gasteiger charge is 2.43. The van der Waals surface area contributed by atoms with Gasteiger partial charge >= 0.3 is 5.97 Å². The van der Waals surface area contributed by atoms with Crippen LogP contribution in [0.25, 0.3) is 0 Å². The third kappa shape index (κ3) is 2.43. The Morgan fingerprint density at radius 2 is 2.24 bits per heavy atom. The summed E-state index contributed by atoms with van der Waals surface area (Å²) in [5.41, 5.74) is 0.695. The summed E-state index contributed by atoms with van der Waals surface area (Å²) in [6.07, 6.45) is 4.24. The highest BCUT2D eigenvalue weighted by Crippen LogP contribution is 2.44. The van der Waals surface area contributed by atoms with E-state index in [0.717, 1.165) is 43.4 Å². The number of benzene rings is 1. The van der Waals surface area contributed by atoms with Crippen molar-refractivity contribution in [2.24, 2.45) is 5.41 Å². The average Bonchev–Trinajstić information content (AvgIpc) is 2.27. The Hall–Kier alpha value is -1.51. The number of carbonyl (C=O) groups is 1. The Bertz CT molecular complexity index is 408. The van der Waals surface area contributed by atoms with E-state index in [1.165, 1.54) is 0 Å². The Morgan fingerprint density at radius 3 is 2.76 bits per heavy atom. The molecular formula is C14H18O3. The minimum atomic E-state index is -0.633. The molecule has 1 saturated carbocycles. The maximum Gasteiger partial charge on any atom is 0.309 e. The van der Waals surface area contributed by atoms with E-state index >= 15 is 0 Å². The van der Waals surface area contributed by atoms with Crippen LogP contribution in [0.1, 0.15) is 31.2 Å². The molecule has 1 fully saturated rings. The van der Waals surface area contributed by atoms with Crippen LogP contribution in [-0.2, 0) is 11.2 Å². The highest BCUT2D eigenvalue weighted by molar-refractivity contribution is 5.75. The lowest BCUT2D eigenvalue weighted by Crippen LogP contribution is -2.38. The molecule has 92 valence electrons. The number of carboxylic acid groups (broad SMARTS) is 1. The Kier molecular flexibility index (Phi) is 3.36.